The van der Waals surface area contributed by atoms with Crippen molar-refractivity contribution in [3.05, 3.63) is 84.2 Å². The Labute approximate surface area is 270 Å². The number of hydrogen-bond acceptors (Lipinski definition) is 6. The molecule has 192 valence electrons. The second kappa shape index (κ2) is 12.4. The Morgan fingerprint density at radius 3 is 1.15 bits per heavy atom. The molecule has 39 heavy (non-hydrogen) atoms. The molecule has 0 atom stereocenters. The summed E-state index contributed by atoms with van der Waals surface area (Å²) in [5, 5.41) is 0.829. The summed E-state index contributed by atoms with van der Waals surface area (Å²) in [5.41, 5.74) is 2.43. The van der Waals surface area contributed by atoms with Gasteiger partial charge in [-0.3, -0.25) is 9.11 Å². The summed E-state index contributed by atoms with van der Waals surface area (Å²) in [4.78, 5) is 8.40. The maximum atomic E-state index is 12.4. The SMILES string of the molecule is Cc1nc2c(ccc3c(-c4ccccc4)c(S(=O)(=O)O)c(C)nc32)c(-c2ccccc2)c1S(=O)(=O)O.O.[Na].[Na]. The van der Waals surface area contributed by atoms with Gasteiger partial charge in [0.05, 0.1) is 22.4 Å². The zero-order valence-corrected chi connectivity index (χ0v) is 27.3. The van der Waals surface area contributed by atoms with Gasteiger partial charge in [0, 0.05) is 81.0 Å². The minimum absolute atomic E-state index is 0. The molecule has 0 unspecified atom stereocenters. The summed E-state index contributed by atoms with van der Waals surface area (Å²) in [6.07, 6.45) is 0. The van der Waals surface area contributed by atoms with Crippen molar-refractivity contribution in [1.29, 1.82) is 0 Å². The molecule has 0 saturated carbocycles. The smallest absolute Gasteiger partial charge is 0.296 e. The van der Waals surface area contributed by atoms with E-state index < -0.39 is 20.2 Å². The Kier molecular flexibility index (Phi) is 10.7. The Morgan fingerprint density at radius 2 is 0.872 bits per heavy atom. The predicted molar refractivity (Wildman–Crippen MR) is 152 cm³/mol. The van der Waals surface area contributed by atoms with Gasteiger partial charge >= 0.3 is 0 Å². The summed E-state index contributed by atoms with van der Waals surface area (Å²) in [6.45, 7) is 2.96. The quantitative estimate of drug-likeness (QED) is 0.183. The van der Waals surface area contributed by atoms with E-state index in [4.69, 9.17) is 0 Å². The molecule has 4 N–H and O–H groups in total. The molecule has 0 aliphatic carbocycles. The van der Waals surface area contributed by atoms with Crippen LogP contribution in [0.4, 0.5) is 0 Å². The van der Waals surface area contributed by atoms with Gasteiger partial charge in [-0.1, -0.05) is 72.8 Å². The van der Waals surface area contributed by atoms with Crippen LogP contribution >= 0.6 is 0 Å². The van der Waals surface area contributed by atoms with Crippen molar-refractivity contribution < 1.29 is 31.4 Å². The van der Waals surface area contributed by atoms with E-state index in [0.717, 1.165) is 0 Å². The third-order valence-electron chi connectivity index (χ3n) is 6.00. The Hall–Kier alpha value is -1.74. The summed E-state index contributed by atoms with van der Waals surface area (Å²) in [6, 6.07) is 20.7. The zero-order chi connectivity index (χ0) is 25.8. The van der Waals surface area contributed by atoms with E-state index in [-0.39, 0.29) is 96.9 Å². The van der Waals surface area contributed by atoms with Crippen LogP contribution in [0.15, 0.2) is 82.6 Å². The van der Waals surface area contributed by atoms with Gasteiger partial charge in [0.2, 0.25) is 0 Å². The van der Waals surface area contributed by atoms with Crippen LogP contribution in [-0.2, 0) is 20.2 Å². The molecule has 0 amide bonds. The van der Waals surface area contributed by atoms with Crippen molar-refractivity contribution in [3.63, 3.8) is 0 Å². The third kappa shape index (κ3) is 6.14. The van der Waals surface area contributed by atoms with Crippen molar-refractivity contribution in [2.75, 3.05) is 0 Å². The number of rotatable bonds is 4. The molecule has 0 aliphatic rings. The van der Waals surface area contributed by atoms with Crippen molar-refractivity contribution >= 4 is 101 Å². The second-order valence-electron chi connectivity index (χ2n) is 8.34. The van der Waals surface area contributed by atoms with Gasteiger partial charge in [0.25, 0.3) is 20.2 Å². The molecule has 0 fully saturated rings. The largest absolute Gasteiger partial charge is 0.412 e. The molecule has 0 aliphatic heterocycles. The van der Waals surface area contributed by atoms with Crippen LogP contribution < -0.4 is 0 Å². The minimum atomic E-state index is -4.64. The van der Waals surface area contributed by atoms with Crippen LogP contribution in [-0.4, -0.2) is 100 Å². The van der Waals surface area contributed by atoms with Gasteiger partial charge in [0.15, 0.2) is 0 Å². The molecule has 2 aromatic heterocycles. The van der Waals surface area contributed by atoms with Crippen LogP contribution in [0.3, 0.4) is 0 Å². The molecular formula is C26H22N2Na2O7S2. The van der Waals surface area contributed by atoms with Crippen molar-refractivity contribution in [3.8, 4) is 22.3 Å². The van der Waals surface area contributed by atoms with Gasteiger partial charge in [-0.15, -0.1) is 0 Å². The average molecular weight is 585 g/mol. The fourth-order valence-corrected chi connectivity index (χ4v) is 6.48. The van der Waals surface area contributed by atoms with E-state index in [9.17, 15) is 25.9 Å². The van der Waals surface area contributed by atoms with Crippen LogP contribution in [0, 0.1) is 13.8 Å². The average Bonchev–Trinajstić information content (AvgIpc) is 2.82. The molecule has 9 nitrogen and oxygen atoms in total. The topological polar surface area (TPSA) is 166 Å². The van der Waals surface area contributed by atoms with E-state index in [1.54, 1.807) is 72.8 Å². The minimum Gasteiger partial charge on any atom is -0.412 e. The van der Waals surface area contributed by atoms with Gasteiger partial charge in [-0.2, -0.15) is 16.8 Å². The van der Waals surface area contributed by atoms with E-state index >= 15 is 0 Å². The number of aryl methyl sites for hydroxylation is 2. The van der Waals surface area contributed by atoms with Crippen LogP contribution in [0.5, 0.6) is 0 Å². The van der Waals surface area contributed by atoms with Gasteiger partial charge in [0.1, 0.15) is 9.79 Å². The maximum Gasteiger partial charge on any atom is 0.296 e. The maximum absolute atomic E-state index is 12.4. The van der Waals surface area contributed by atoms with Crippen LogP contribution in [0.1, 0.15) is 11.4 Å². The molecule has 2 heterocycles. The Bertz CT molecular complexity index is 1760. The molecular weight excluding hydrogens is 562 g/mol. The molecule has 0 spiro atoms. The summed E-state index contributed by atoms with van der Waals surface area (Å²) in [5.74, 6) is 0. The summed E-state index contributed by atoms with van der Waals surface area (Å²) in [7, 11) is -9.28. The number of hydrogen-bond donors (Lipinski definition) is 2. The Morgan fingerprint density at radius 1 is 0.564 bits per heavy atom. The third-order valence-corrected chi connectivity index (χ3v) is 8.03. The standard InChI is InChI=1S/C26H20N2O6S2.2Na.H2O/c1-15-25(35(29,30)31)21(17-9-5-3-6-10-17)19-13-14-20-22(18-11-7-4-8-12-18)26(36(32,33)34)16(2)28-24(20)23(19)27-15;;;/h3-14H,1-2H3,(H,29,30,31)(H,32,33,34);;;1H2. The van der Waals surface area contributed by atoms with Crippen molar-refractivity contribution in [1.82, 2.24) is 9.97 Å². The van der Waals surface area contributed by atoms with Crippen LogP contribution in [0.25, 0.3) is 44.1 Å². The number of aromatic nitrogens is 2. The summed E-state index contributed by atoms with van der Waals surface area (Å²) < 4.78 is 69.8. The normalized spacial score (nSPS) is 11.4. The fraction of sp³-hybridized carbons (Fsp3) is 0.0769. The first-order valence-corrected chi connectivity index (χ1v) is 13.7. The first kappa shape index (κ1) is 33.5. The van der Waals surface area contributed by atoms with Gasteiger partial charge in [-0.25, -0.2) is 9.97 Å². The van der Waals surface area contributed by atoms with E-state index in [1.165, 1.54) is 13.8 Å². The number of fused-ring (bicyclic) bond motifs is 3. The number of nitrogens with zero attached hydrogens (tertiary/aromatic N) is 2. The molecule has 13 heteroatoms. The summed E-state index contributed by atoms with van der Waals surface area (Å²) >= 11 is 0. The zero-order valence-electron chi connectivity index (χ0n) is 21.7. The molecule has 2 radical (unpaired) electrons. The van der Waals surface area contributed by atoms with Crippen molar-refractivity contribution in [2.45, 2.75) is 23.6 Å². The molecule has 3 aromatic carbocycles. The first-order chi connectivity index (χ1) is 17.0. The molecule has 5 aromatic rings. The van der Waals surface area contributed by atoms with Gasteiger partial charge < -0.3 is 5.48 Å². The van der Waals surface area contributed by atoms with E-state index in [1.807, 2.05) is 0 Å². The van der Waals surface area contributed by atoms with E-state index in [0.29, 0.717) is 32.9 Å². The Balaban J connectivity index is 0.00000178. The number of benzene rings is 3. The fourth-order valence-electron chi connectivity index (χ4n) is 4.67. The van der Waals surface area contributed by atoms with Crippen molar-refractivity contribution in [2.24, 2.45) is 0 Å². The first-order valence-electron chi connectivity index (χ1n) is 10.8. The second-order valence-corrected chi connectivity index (χ2v) is 11.1. The van der Waals surface area contributed by atoms with Crippen LogP contribution in [0.2, 0.25) is 0 Å². The van der Waals surface area contributed by atoms with Gasteiger partial charge in [-0.05, 0) is 25.0 Å². The molecule has 0 saturated heterocycles. The molecule has 5 rings (SSSR count). The monoisotopic (exact) mass is 584 g/mol. The predicted octanol–water partition coefficient (Wildman–Crippen LogP) is 3.64. The molecule has 0 bridgehead atoms. The van der Waals surface area contributed by atoms with E-state index in [2.05, 4.69) is 9.97 Å². The number of pyridine rings is 2.